The number of carbonyl (C=O) groups is 1. The Balaban J connectivity index is 1.72. The number of benzene rings is 1. The van der Waals surface area contributed by atoms with E-state index < -0.39 is 15.1 Å². The quantitative estimate of drug-likeness (QED) is 0.388. The molecule has 1 amide bonds. The van der Waals surface area contributed by atoms with Crippen LogP contribution in [0.1, 0.15) is 44.9 Å². The van der Waals surface area contributed by atoms with Gasteiger partial charge in [-0.25, -0.2) is 8.42 Å². The second-order valence-electron chi connectivity index (χ2n) is 7.82. The molecule has 3 aromatic rings. The Labute approximate surface area is 202 Å². The predicted molar refractivity (Wildman–Crippen MR) is 130 cm³/mol. The molecule has 12 heteroatoms. The van der Waals surface area contributed by atoms with Gasteiger partial charge in [0, 0.05) is 13.0 Å². The molecule has 178 valence electrons. The number of thioether (sulfide) groups is 1. The summed E-state index contributed by atoms with van der Waals surface area (Å²) < 4.78 is 27.3. The van der Waals surface area contributed by atoms with Gasteiger partial charge in [0.2, 0.25) is 11.0 Å². The highest BCUT2D eigenvalue weighted by Gasteiger charge is 2.25. The highest BCUT2D eigenvalue weighted by atomic mass is 32.2. The zero-order valence-corrected chi connectivity index (χ0v) is 21.5. The van der Waals surface area contributed by atoms with E-state index in [9.17, 15) is 13.2 Å². The maximum atomic E-state index is 12.9. The van der Waals surface area contributed by atoms with Gasteiger partial charge in [0.15, 0.2) is 15.0 Å². The minimum atomic E-state index is -3.56. The lowest BCUT2D eigenvalue weighted by Gasteiger charge is -2.14. The number of carbonyl (C=O) groups excluding carboxylic acids is 1. The van der Waals surface area contributed by atoms with Crippen molar-refractivity contribution in [3.05, 3.63) is 41.2 Å². The third-order valence-electron chi connectivity index (χ3n) is 4.72. The number of amides is 1. The molecule has 0 aliphatic rings. The smallest absolute Gasteiger partial charge is 0.239 e. The SMILES string of the molecule is CCC(Sc1nnc(CS(=O)(=O)c2ccccc2)n1CC)C(=O)Nc1nnc(CC(C)C)s1. The van der Waals surface area contributed by atoms with E-state index in [-0.39, 0.29) is 16.6 Å². The largest absolute Gasteiger partial charge is 0.305 e. The van der Waals surface area contributed by atoms with Crippen molar-refractivity contribution in [3.8, 4) is 0 Å². The Morgan fingerprint density at radius 1 is 1.12 bits per heavy atom. The van der Waals surface area contributed by atoms with Crippen molar-refractivity contribution in [2.45, 2.75) is 68.1 Å². The first kappa shape index (κ1) is 25.3. The zero-order valence-electron chi connectivity index (χ0n) is 19.1. The van der Waals surface area contributed by atoms with Crippen LogP contribution in [0.4, 0.5) is 5.13 Å². The third-order valence-corrected chi connectivity index (χ3v) is 8.56. The predicted octanol–water partition coefficient (Wildman–Crippen LogP) is 3.83. The fraction of sp³-hybridized carbons (Fsp3) is 0.476. The lowest BCUT2D eigenvalue weighted by atomic mass is 10.1. The Kier molecular flexibility index (Phi) is 8.60. The van der Waals surface area contributed by atoms with Gasteiger partial charge in [-0.15, -0.1) is 20.4 Å². The van der Waals surface area contributed by atoms with Crippen molar-refractivity contribution in [2.24, 2.45) is 5.92 Å². The van der Waals surface area contributed by atoms with Crippen molar-refractivity contribution in [2.75, 3.05) is 5.32 Å². The van der Waals surface area contributed by atoms with E-state index in [0.29, 0.717) is 35.0 Å². The second kappa shape index (κ2) is 11.2. The topological polar surface area (TPSA) is 120 Å². The molecular weight excluding hydrogens is 480 g/mol. The maximum Gasteiger partial charge on any atom is 0.239 e. The lowest BCUT2D eigenvalue weighted by molar-refractivity contribution is -0.115. The molecule has 0 spiro atoms. The van der Waals surface area contributed by atoms with Crippen LogP contribution < -0.4 is 5.32 Å². The minimum absolute atomic E-state index is 0.196. The second-order valence-corrected chi connectivity index (χ2v) is 12.0. The van der Waals surface area contributed by atoms with E-state index in [1.54, 1.807) is 34.9 Å². The van der Waals surface area contributed by atoms with Crippen molar-refractivity contribution >= 4 is 44.0 Å². The first-order valence-corrected chi connectivity index (χ1v) is 14.1. The molecule has 0 bridgehead atoms. The van der Waals surface area contributed by atoms with Crippen LogP contribution in [-0.2, 0) is 33.4 Å². The molecule has 0 fully saturated rings. The summed E-state index contributed by atoms with van der Waals surface area (Å²) in [6, 6.07) is 8.27. The third kappa shape index (κ3) is 6.61. The monoisotopic (exact) mass is 508 g/mol. The number of anilines is 1. The van der Waals surface area contributed by atoms with Gasteiger partial charge in [0.1, 0.15) is 16.6 Å². The van der Waals surface area contributed by atoms with Gasteiger partial charge in [-0.3, -0.25) is 10.1 Å². The van der Waals surface area contributed by atoms with Crippen LogP contribution in [-0.4, -0.2) is 44.5 Å². The average molecular weight is 509 g/mol. The Morgan fingerprint density at radius 3 is 2.48 bits per heavy atom. The molecule has 2 heterocycles. The Bertz CT molecular complexity index is 1180. The van der Waals surface area contributed by atoms with E-state index in [0.717, 1.165) is 11.4 Å². The van der Waals surface area contributed by atoms with Crippen LogP contribution in [0.2, 0.25) is 0 Å². The normalized spacial score (nSPS) is 12.8. The number of rotatable bonds is 11. The number of hydrogen-bond acceptors (Lipinski definition) is 9. The van der Waals surface area contributed by atoms with E-state index in [4.69, 9.17) is 0 Å². The van der Waals surface area contributed by atoms with Gasteiger partial charge in [-0.2, -0.15) is 0 Å². The van der Waals surface area contributed by atoms with Crippen LogP contribution in [0.25, 0.3) is 0 Å². The molecule has 0 saturated heterocycles. The van der Waals surface area contributed by atoms with Gasteiger partial charge < -0.3 is 4.57 Å². The molecule has 1 unspecified atom stereocenters. The van der Waals surface area contributed by atoms with Crippen molar-refractivity contribution < 1.29 is 13.2 Å². The number of hydrogen-bond donors (Lipinski definition) is 1. The summed E-state index contributed by atoms with van der Waals surface area (Å²) in [7, 11) is -3.56. The number of sulfone groups is 1. The van der Waals surface area contributed by atoms with E-state index in [1.165, 1.54) is 23.1 Å². The molecule has 33 heavy (non-hydrogen) atoms. The molecule has 2 aromatic heterocycles. The van der Waals surface area contributed by atoms with Crippen LogP contribution >= 0.6 is 23.1 Å². The summed E-state index contributed by atoms with van der Waals surface area (Å²) in [5.74, 6) is 0.353. The van der Waals surface area contributed by atoms with E-state index in [1.807, 2.05) is 13.8 Å². The summed E-state index contributed by atoms with van der Waals surface area (Å²) in [4.78, 5) is 13.1. The molecule has 9 nitrogen and oxygen atoms in total. The first-order valence-electron chi connectivity index (χ1n) is 10.7. The fourth-order valence-corrected chi connectivity index (χ4v) is 6.37. The standard InChI is InChI=1S/C21H28N6O3S3/c1-5-16(19(28)22-20-25-24-18(32-20)12-14(3)4)31-21-26-23-17(27(21)6-2)13-33(29,30)15-10-8-7-9-11-15/h7-11,14,16H,5-6,12-13H2,1-4H3,(H,22,25,28). The number of nitrogens with one attached hydrogen (secondary N) is 1. The summed E-state index contributed by atoms with van der Waals surface area (Å²) in [5.41, 5.74) is 0. The molecule has 1 aromatic carbocycles. The van der Waals surface area contributed by atoms with Crippen molar-refractivity contribution in [3.63, 3.8) is 0 Å². The summed E-state index contributed by atoms with van der Waals surface area (Å²) in [6.07, 6.45) is 1.37. The zero-order chi connectivity index (χ0) is 24.0. The average Bonchev–Trinajstić information content (AvgIpc) is 3.37. The minimum Gasteiger partial charge on any atom is -0.305 e. The van der Waals surface area contributed by atoms with Gasteiger partial charge in [-0.05, 0) is 31.4 Å². The summed E-state index contributed by atoms with van der Waals surface area (Å²) in [5, 5.41) is 20.8. The molecule has 0 aliphatic heterocycles. The molecule has 0 radical (unpaired) electrons. The highest BCUT2D eigenvalue weighted by Crippen LogP contribution is 2.28. The van der Waals surface area contributed by atoms with E-state index >= 15 is 0 Å². The van der Waals surface area contributed by atoms with Crippen LogP contribution in [0.5, 0.6) is 0 Å². The highest BCUT2D eigenvalue weighted by molar-refractivity contribution is 8.00. The molecule has 1 atom stereocenters. The molecule has 0 saturated carbocycles. The van der Waals surface area contributed by atoms with Crippen molar-refractivity contribution in [1.82, 2.24) is 25.0 Å². The van der Waals surface area contributed by atoms with Gasteiger partial charge in [-0.1, -0.05) is 62.1 Å². The fourth-order valence-electron chi connectivity index (χ4n) is 3.08. The summed E-state index contributed by atoms with van der Waals surface area (Å²) in [6.45, 7) is 8.50. The van der Waals surface area contributed by atoms with Crippen molar-refractivity contribution in [1.29, 1.82) is 0 Å². The van der Waals surface area contributed by atoms with Crippen LogP contribution in [0.15, 0.2) is 40.4 Å². The van der Waals surface area contributed by atoms with Gasteiger partial charge in [0.05, 0.1) is 10.1 Å². The maximum absolute atomic E-state index is 12.9. The number of aromatic nitrogens is 5. The van der Waals surface area contributed by atoms with E-state index in [2.05, 4.69) is 39.6 Å². The molecular formula is C21H28N6O3S3. The van der Waals surface area contributed by atoms with Crippen LogP contribution in [0.3, 0.4) is 0 Å². The van der Waals surface area contributed by atoms with Gasteiger partial charge >= 0.3 is 0 Å². The number of nitrogens with zero attached hydrogens (tertiary/aromatic N) is 5. The molecule has 1 N–H and O–H groups in total. The lowest BCUT2D eigenvalue weighted by Crippen LogP contribution is -2.25. The Morgan fingerprint density at radius 2 is 1.85 bits per heavy atom. The Hall–Kier alpha value is -2.31. The van der Waals surface area contributed by atoms with Gasteiger partial charge in [0.25, 0.3) is 0 Å². The molecule has 3 rings (SSSR count). The summed E-state index contributed by atoms with van der Waals surface area (Å²) >= 11 is 2.64. The molecule has 0 aliphatic carbocycles. The van der Waals surface area contributed by atoms with Crippen LogP contribution in [0, 0.1) is 5.92 Å². The first-order chi connectivity index (χ1) is 15.7.